The summed E-state index contributed by atoms with van der Waals surface area (Å²) in [5.74, 6) is -0.544. The van der Waals surface area contributed by atoms with E-state index in [1.165, 1.54) is 12.1 Å². The van der Waals surface area contributed by atoms with Gasteiger partial charge >= 0.3 is 0 Å². The Morgan fingerprint density at radius 2 is 1.65 bits per heavy atom. The molecule has 0 aromatic heterocycles. The van der Waals surface area contributed by atoms with Crippen molar-refractivity contribution in [3.63, 3.8) is 0 Å². The van der Waals surface area contributed by atoms with Crippen LogP contribution in [-0.2, 0) is 26.2 Å². The van der Waals surface area contributed by atoms with Crippen molar-refractivity contribution in [2.45, 2.75) is 29.7 Å². The first kappa shape index (κ1) is 19.4. The highest BCUT2D eigenvalue weighted by atomic mass is 35.5. The molecule has 0 radical (unpaired) electrons. The van der Waals surface area contributed by atoms with Gasteiger partial charge in [-0.1, -0.05) is 41.4 Å². The maximum absolute atomic E-state index is 13.0. The highest BCUT2D eigenvalue weighted by Crippen LogP contribution is 2.26. The normalized spacial score (nSPS) is 22.4. The SMILES string of the molecule is Cc1ccc(S(=O)(=O)[C@@H]2CS(=O)(=O)C[C@H]2NCc2ccc(Cl)cc2)cc1. The van der Waals surface area contributed by atoms with Crippen molar-refractivity contribution in [3.05, 3.63) is 64.7 Å². The van der Waals surface area contributed by atoms with Gasteiger partial charge in [0.25, 0.3) is 0 Å². The largest absolute Gasteiger partial charge is 0.308 e. The molecule has 0 spiro atoms. The summed E-state index contributed by atoms with van der Waals surface area (Å²) < 4.78 is 50.2. The molecule has 1 saturated heterocycles. The molecule has 1 aliphatic rings. The maximum Gasteiger partial charge on any atom is 0.183 e. The van der Waals surface area contributed by atoms with Crippen molar-refractivity contribution in [1.82, 2.24) is 5.32 Å². The van der Waals surface area contributed by atoms with Crippen LogP contribution >= 0.6 is 11.6 Å². The Balaban J connectivity index is 1.83. The summed E-state index contributed by atoms with van der Waals surface area (Å²) in [6.07, 6.45) is 0. The number of hydrogen-bond donors (Lipinski definition) is 1. The van der Waals surface area contributed by atoms with Gasteiger partial charge in [0, 0.05) is 17.6 Å². The van der Waals surface area contributed by atoms with Crippen molar-refractivity contribution < 1.29 is 16.8 Å². The van der Waals surface area contributed by atoms with Crippen LogP contribution in [0.2, 0.25) is 5.02 Å². The predicted octanol–water partition coefficient (Wildman–Crippen LogP) is 2.38. The van der Waals surface area contributed by atoms with E-state index < -0.39 is 31.0 Å². The van der Waals surface area contributed by atoms with E-state index in [1.807, 2.05) is 19.1 Å². The molecule has 1 N–H and O–H groups in total. The molecule has 3 rings (SSSR count). The fourth-order valence-corrected chi connectivity index (χ4v) is 7.91. The van der Waals surface area contributed by atoms with Gasteiger partial charge in [-0.25, -0.2) is 16.8 Å². The summed E-state index contributed by atoms with van der Waals surface area (Å²) in [5, 5.41) is 2.72. The van der Waals surface area contributed by atoms with E-state index >= 15 is 0 Å². The number of benzene rings is 2. The van der Waals surface area contributed by atoms with Crippen molar-refractivity contribution in [2.75, 3.05) is 11.5 Å². The van der Waals surface area contributed by atoms with E-state index in [1.54, 1.807) is 24.3 Å². The van der Waals surface area contributed by atoms with E-state index in [-0.39, 0.29) is 16.4 Å². The summed E-state index contributed by atoms with van der Waals surface area (Å²) >= 11 is 5.86. The molecule has 0 saturated carbocycles. The van der Waals surface area contributed by atoms with E-state index in [0.717, 1.165) is 11.1 Å². The Kier molecular flexibility index (Phi) is 5.44. The van der Waals surface area contributed by atoms with Gasteiger partial charge in [-0.15, -0.1) is 0 Å². The van der Waals surface area contributed by atoms with Crippen LogP contribution in [0.3, 0.4) is 0 Å². The summed E-state index contributed by atoms with van der Waals surface area (Å²) in [6, 6.07) is 13.0. The van der Waals surface area contributed by atoms with Gasteiger partial charge in [-0.3, -0.25) is 0 Å². The first-order valence-electron chi connectivity index (χ1n) is 8.16. The van der Waals surface area contributed by atoms with Gasteiger partial charge in [-0.05, 0) is 36.8 Å². The Labute approximate surface area is 159 Å². The minimum absolute atomic E-state index is 0.156. The molecule has 1 aliphatic heterocycles. The molecule has 2 aromatic carbocycles. The van der Waals surface area contributed by atoms with Crippen molar-refractivity contribution in [2.24, 2.45) is 0 Å². The standard InChI is InChI=1S/C18H20ClNO4S2/c1-13-2-8-16(9-3-13)26(23,24)18-12-25(21,22)11-17(18)20-10-14-4-6-15(19)7-5-14/h2-9,17-18,20H,10-12H2,1H3/t17-,18-/m1/s1. The molecule has 0 bridgehead atoms. The van der Waals surface area contributed by atoms with Crippen LogP contribution in [0, 0.1) is 6.92 Å². The Morgan fingerprint density at radius 3 is 2.27 bits per heavy atom. The third-order valence-corrected chi connectivity index (χ3v) is 8.95. The molecule has 26 heavy (non-hydrogen) atoms. The third-order valence-electron chi connectivity index (χ3n) is 4.53. The quantitative estimate of drug-likeness (QED) is 0.813. The first-order chi connectivity index (χ1) is 12.2. The number of aryl methyl sites for hydroxylation is 1. The lowest BCUT2D eigenvalue weighted by Gasteiger charge is -2.20. The second-order valence-electron chi connectivity index (χ2n) is 6.59. The minimum atomic E-state index is -3.75. The molecule has 0 aliphatic carbocycles. The first-order valence-corrected chi connectivity index (χ1v) is 11.9. The maximum atomic E-state index is 13.0. The monoisotopic (exact) mass is 413 g/mol. The fourth-order valence-electron chi connectivity index (χ4n) is 3.07. The lowest BCUT2D eigenvalue weighted by molar-refractivity contribution is 0.526. The number of hydrogen-bond acceptors (Lipinski definition) is 5. The molecule has 2 atom stereocenters. The topological polar surface area (TPSA) is 80.3 Å². The smallest absolute Gasteiger partial charge is 0.183 e. The van der Waals surface area contributed by atoms with Gasteiger partial charge in [0.05, 0.1) is 21.7 Å². The van der Waals surface area contributed by atoms with Gasteiger partial charge in [0.15, 0.2) is 19.7 Å². The summed E-state index contributed by atoms with van der Waals surface area (Å²) in [6.45, 7) is 2.24. The number of sulfone groups is 2. The average Bonchev–Trinajstić information content (AvgIpc) is 2.90. The van der Waals surface area contributed by atoms with Crippen molar-refractivity contribution >= 4 is 31.3 Å². The van der Waals surface area contributed by atoms with Crippen molar-refractivity contribution in [3.8, 4) is 0 Å². The Morgan fingerprint density at radius 1 is 1.04 bits per heavy atom. The van der Waals surface area contributed by atoms with Crippen LogP contribution in [-0.4, -0.2) is 39.6 Å². The zero-order valence-electron chi connectivity index (χ0n) is 14.2. The van der Waals surface area contributed by atoms with Crippen molar-refractivity contribution in [1.29, 1.82) is 0 Å². The number of rotatable bonds is 5. The molecular formula is C18H20ClNO4S2. The highest BCUT2D eigenvalue weighted by Gasteiger charge is 2.45. The molecule has 5 nitrogen and oxygen atoms in total. The summed E-state index contributed by atoms with van der Waals surface area (Å²) in [4.78, 5) is 0.156. The zero-order valence-corrected chi connectivity index (χ0v) is 16.6. The van der Waals surface area contributed by atoms with Crippen LogP contribution in [0.25, 0.3) is 0 Å². The second-order valence-corrected chi connectivity index (χ2v) is 11.3. The number of nitrogens with one attached hydrogen (secondary N) is 1. The van der Waals surface area contributed by atoms with Gasteiger partial charge in [0.2, 0.25) is 0 Å². The van der Waals surface area contributed by atoms with E-state index in [4.69, 9.17) is 11.6 Å². The molecule has 0 amide bonds. The molecule has 140 valence electrons. The van der Waals surface area contributed by atoms with Crippen LogP contribution in [0.5, 0.6) is 0 Å². The van der Waals surface area contributed by atoms with Crippen LogP contribution in [0.4, 0.5) is 0 Å². The molecule has 1 heterocycles. The summed E-state index contributed by atoms with van der Waals surface area (Å²) in [7, 11) is -7.17. The highest BCUT2D eigenvalue weighted by molar-refractivity contribution is 7.96. The zero-order chi connectivity index (χ0) is 18.9. The van der Waals surface area contributed by atoms with Crippen LogP contribution in [0.15, 0.2) is 53.4 Å². The molecule has 2 aromatic rings. The number of halogens is 1. The van der Waals surface area contributed by atoms with E-state index in [0.29, 0.717) is 11.6 Å². The lowest BCUT2D eigenvalue weighted by atomic mass is 10.2. The molecule has 8 heteroatoms. The van der Waals surface area contributed by atoms with Crippen LogP contribution in [0.1, 0.15) is 11.1 Å². The molecular weight excluding hydrogens is 394 g/mol. The minimum Gasteiger partial charge on any atom is -0.308 e. The van der Waals surface area contributed by atoms with Gasteiger partial charge in [0.1, 0.15) is 0 Å². The molecule has 1 fully saturated rings. The Hall–Kier alpha value is -1.41. The van der Waals surface area contributed by atoms with Gasteiger partial charge < -0.3 is 5.32 Å². The summed E-state index contributed by atoms with van der Waals surface area (Å²) in [5.41, 5.74) is 1.85. The van der Waals surface area contributed by atoms with Gasteiger partial charge in [-0.2, -0.15) is 0 Å². The molecule has 0 unspecified atom stereocenters. The van der Waals surface area contributed by atoms with Crippen LogP contribution < -0.4 is 5.32 Å². The third kappa shape index (κ3) is 4.28. The Bertz CT molecular complexity index is 984. The average molecular weight is 414 g/mol. The van der Waals surface area contributed by atoms with E-state index in [9.17, 15) is 16.8 Å². The fraction of sp³-hybridized carbons (Fsp3) is 0.333. The van der Waals surface area contributed by atoms with E-state index in [2.05, 4.69) is 5.32 Å². The predicted molar refractivity (Wildman–Crippen MR) is 103 cm³/mol. The second kappa shape index (κ2) is 7.31. The lowest BCUT2D eigenvalue weighted by Crippen LogP contribution is -2.43.